The molecule has 5 heteroatoms. The molecule has 1 unspecified atom stereocenters. The summed E-state index contributed by atoms with van der Waals surface area (Å²) in [6.45, 7) is -0.0321. The fourth-order valence-electron chi connectivity index (χ4n) is 2.04. The number of rotatable bonds is 6. The van der Waals surface area contributed by atoms with Crippen LogP contribution in [-0.2, 0) is 6.61 Å². The molecule has 21 heavy (non-hydrogen) atoms. The van der Waals surface area contributed by atoms with Crippen molar-refractivity contribution in [2.45, 2.75) is 12.7 Å². The number of hydrogen-bond acceptors (Lipinski definition) is 5. The van der Waals surface area contributed by atoms with E-state index in [0.29, 0.717) is 5.69 Å². The number of aliphatic hydroxyl groups is 3. The van der Waals surface area contributed by atoms with Crippen molar-refractivity contribution in [3.8, 4) is 11.1 Å². The van der Waals surface area contributed by atoms with Gasteiger partial charge < -0.3 is 26.4 Å². The van der Waals surface area contributed by atoms with Crippen molar-refractivity contribution < 1.29 is 15.3 Å². The molecule has 1 atom stereocenters. The van der Waals surface area contributed by atoms with Crippen LogP contribution in [0.3, 0.4) is 0 Å². The molecular weight excluding hydrogens is 268 g/mol. The first kappa shape index (κ1) is 15.3. The van der Waals surface area contributed by atoms with Gasteiger partial charge in [0.05, 0.1) is 19.3 Å². The highest BCUT2D eigenvalue weighted by atomic mass is 16.3. The molecule has 0 aliphatic heterocycles. The van der Waals surface area contributed by atoms with Gasteiger partial charge in [-0.25, -0.2) is 0 Å². The van der Waals surface area contributed by atoms with Crippen LogP contribution in [0.4, 0.5) is 11.4 Å². The average molecular weight is 288 g/mol. The third-order valence-electron chi connectivity index (χ3n) is 3.23. The Kier molecular flexibility index (Phi) is 5.16. The summed E-state index contributed by atoms with van der Waals surface area (Å²) in [6, 6.07) is 13.0. The molecule has 0 radical (unpaired) electrons. The second kappa shape index (κ2) is 7.08. The van der Waals surface area contributed by atoms with Crippen molar-refractivity contribution in [3.63, 3.8) is 0 Å². The predicted molar refractivity (Wildman–Crippen MR) is 83.8 cm³/mol. The first-order valence-electron chi connectivity index (χ1n) is 6.76. The van der Waals surface area contributed by atoms with Crippen molar-refractivity contribution in [2.75, 3.05) is 24.2 Å². The van der Waals surface area contributed by atoms with Gasteiger partial charge in [-0.05, 0) is 29.3 Å². The van der Waals surface area contributed by atoms with E-state index in [4.69, 9.17) is 15.9 Å². The Hall–Kier alpha value is -2.08. The summed E-state index contributed by atoms with van der Waals surface area (Å²) in [6.07, 6.45) is -0.813. The Morgan fingerprint density at radius 3 is 2.38 bits per heavy atom. The highest BCUT2D eigenvalue weighted by Gasteiger charge is 2.08. The average Bonchev–Trinajstić information content (AvgIpc) is 2.53. The Morgan fingerprint density at radius 2 is 1.76 bits per heavy atom. The molecule has 6 N–H and O–H groups in total. The zero-order chi connectivity index (χ0) is 15.2. The Morgan fingerprint density at radius 1 is 1.05 bits per heavy atom. The van der Waals surface area contributed by atoms with E-state index in [1.165, 1.54) is 0 Å². The minimum Gasteiger partial charge on any atom is -0.399 e. The van der Waals surface area contributed by atoms with Crippen LogP contribution < -0.4 is 11.1 Å². The number of nitrogen functional groups attached to an aromatic ring is 1. The molecule has 0 aliphatic rings. The van der Waals surface area contributed by atoms with E-state index >= 15 is 0 Å². The zero-order valence-corrected chi connectivity index (χ0v) is 11.7. The zero-order valence-electron chi connectivity index (χ0n) is 11.7. The second-order valence-electron chi connectivity index (χ2n) is 4.88. The van der Waals surface area contributed by atoms with Crippen LogP contribution >= 0.6 is 0 Å². The second-order valence-corrected chi connectivity index (χ2v) is 4.88. The van der Waals surface area contributed by atoms with Gasteiger partial charge in [0, 0.05) is 23.5 Å². The molecule has 0 aromatic heterocycles. The van der Waals surface area contributed by atoms with E-state index in [2.05, 4.69) is 5.32 Å². The van der Waals surface area contributed by atoms with Crippen LogP contribution in [0.25, 0.3) is 11.1 Å². The molecule has 2 aromatic carbocycles. The monoisotopic (exact) mass is 288 g/mol. The van der Waals surface area contributed by atoms with Crippen LogP contribution in [-0.4, -0.2) is 34.6 Å². The van der Waals surface area contributed by atoms with Gasteiger partial charge >= 0.3 is 0 Å². The summed E-state index contributed by atoms with van der Waals surface area (Å²) < 4.78 is 0. The third kappa shape index (κ3) is 3.95. The summed E-state index contributed by atoms with van der Waals surface area (Å²) in [5.41, 5.74) is 10.0. The smallest absolute Gasteiger partial charge is 0.0942 e. The Bertz CT molecular complexity index is 585. The van der Waals surface area contributed by atoms with Crippen molar-refractivity contribution >= 4 is 11.4 Å². The van der Waals surface area contributed by atoms with Crippen molar-refractivity contribution in [1.29, 1.82) is 0 Å². The van der Waals surface area contributed by atoms with Gasteiger partial charge in [0.25, 0.3) is 0 Å². The van der Waals surface area contributed by atoms with Gasteiger partial charge in [-0.15, -0.1) is 0 Å². The van der Waals surface area contributed by atoms with E-state index in [1.54, 1.807) is 6.07 Å². The van der Waals surface area contributed by atoms with Gasteiger partial charge in [0.15, 0.2) is 0 Å². The largest absolute Gasteiger partial charge is 0.399 e. The van der Waals surface area contributed by atoms with Crippen molar-refractivity contribution in [3.05, 3.63) is 48.0 Å². The van der Waals surface area contributed by atoms with Gasteiger partial charge in [-0.2, -0.15) is 0 Å². The maximum atomic E-state index is 9.44. The van der Waals surface area contributed by atoms with E-state index in [9.17, 15) is 5.11 Å². The molecule has 112 valence electrons. The van der Waals surface area contributed by atoms with Crippen LogP contribution in [0.1, 0.15) is 5.56 Å². The fraction of sp³-hybridized carbons (Fsp3) is 0.250. The number of hydrogen-bond donors (Lipinski definition) is 5. The number of anilines is 2. The first-order valence-corrected chi connectivity index (χ1v) is 6.76. The molecule has 0 amide bonds. The lowest BCUT2D eigenvalue weighted by atomic mass is 10.0. The van der Waals surface area contributed by atoms with Crippen LogP contribution in [0.15, 0.2) is 42.5 Å². The first-order chi connectivity index (χ1) is 10.1. The van der Waals surface area contributed by atoms with Crippen molar-refractivity contribution in [2.24, 2.45) is 0 Å². The number of nitrogens with two attached hydrogens (primary N) is 1. The molecule has 0 fully saturated rings. The Labute approximate surface area is 123 Å². The van der Waals surface area contributed by atoms with Gasteiger partial charge in [0.2, 0.25) is 0 Å². The maximum Gasteiger partial charge on any atom is 0.0942 e. The molecule has 0 aliphatic carbocycles. The molecule has 0 spiro atoms. The normalized spacial score (nSPS) is 12.1. The van der Waals surface area contributed by atoms with E-state index in [1.807, 2.05) is 36.4 Å². The summed E-state index contributed by atoms with van der Waals surface area (Å²) in [5, 5.41) is 30.5. The minimum atomic E-state index is -0.813. The summed E-state index contributed by atoms with van der Waals surface area (Å²) in [7, 11) is 0. The number of aliphatic hydroxyl groups excluding tert-OH is 3. The standard InChI is InChI=1S/C16H20N2O3/c17-13-5-6-16(18-8-14(21)10-20)15(7-13)12-3-1-11(9-19)2-4-12/h1-7,14,18-21H,8-10,17H2. The van der Waals surface area contributed by atoms with Crippen molar-refractivity contribution in [1.82, 2.24) is 0 Å². The molecule has 0 saturated heterocycles. The van der Waals surface area contributed by atoms with Crippen LogP contribution in [0.2, 0.25) is 0 Å². The Balaban J connectivity index is 2.29. The maximum absolute atomic E-state index is 9.44. The number of nitrogens with one attached hydrogen (secondary N) is 1. The van der Waals surface area contributed by atoms with E-state index in [0.717, 1.165) is 22.4 Å². The van der Waals surface area contributed by atoms with Gasteiger partial charge in [0.1, 0.15) is 0 Å². The fourth-order valence-corrected chi connectivity index (χ4v) is 2.04. The lowest BCUT2D eigenvalue weighted by Gasteiger charge is -2.15. The van der Waals surface area contributed by atoms with E-state index < -0.39 is 6.10 Å². The molecule has 0 heterocycles. The lowest BCUT2D eigenvalue weighted by Crippen LogP contribution is -2.23. The van der Waals surface area contributed by atoms with Gasteiger partial charge in [-0.1, -0.05) is 24.3 Å². The molecular formula is C16H20N2O3. The van der Waals surface area contributed by atoms with Crippen LogP contribution in [0, 0.1) is 0 Å². The molecule has 0 bridgehead atoms. The number of benzene rings is 2. The highest BCUT2D eigenvalue weighted by Crippen LogP contribution is 2.30. The van der Waals surface area contributed by atoms with Crippen LogP contribution in [0.5, 0.6) is 0 Å². The summed E-state index contributed by atoms with van der Waals surface area (Å²) in [4.78, 5) is 0. The summed E-state index contributed by atoms with van der Waals surface area (Å²) in [5.74, 6) is 0. The quantitative estimate of drug-likeness (QED) is 0.514. The highest BCUT2D eigenvalue weighted by molar-refractivity contribution is 5.80. The van der Waals surface area contributed by atoms with E-state index in [-0.39, 0.29) is 19.8 Å². The molecule has 2 aromatic rings. The molecule has 2 rings (SSSR count). The third-order valence-corrected chi connectivity index (χ3v) is 3.23. The molecule has 0 saturated carbocycles. The topological polar surface area (TPSA) is 98.7 Å². The van der Waals surface area contributed by atoms with Gasteiger partial charge in [-0.3, -0.25) is 0 Å². The lowest BCUT2D eigenvalue weighted by molar-refractivity contribution is 0.105. The molecule has 5 nitrogen and oxygen atoms in total. The predicted octanol–water partition coefficient (Wildman–Crippen LogP) is 1.19. The summed E-state index contributed by atoms with van der Waals surface area (Å²) >= 11 is 0. The SMILES string of the molecule is Nc1ccc(NCC(O)CO)c(-c2ccc(CO)cc2)c1. The minimum absolute atomic E-state index is 0.00497.